The number of rotatable bonds is 4. The molecule has 0 bridgehead atoms. The highest BCUT2D eigenvalue weighted by atomic mass is 79.9. The van der Waals surface area contributed by atoms with Crippen molar-refractivity contribution in [1.29, 1.82) is 0 Å². The number of hydrogen-bond acceptors (Lipinski definition) is 3. The molecule has 0 aliphatic carbocycles. The first kappa shape index (κ1) is 15.7. The molecule has 2 aromatic carbocycles. The lowest BCUT2D eigenvalue weighted by Crippen LogP contribution is -2.07. The normalized spacial score (nSPS) is 11.3. The summed E-state index contributed by atoms with van der Waals surface area (Å²) in [5.41, 5.74) is -0.291. The van der Waals surface area contributed by atoms with Crippen molar-refractivity contribution in [3.05, 3.63) is 63.9 Å². The van der Waals surface area contributed by atoms with Crippen molar-refractivity contribution in [3.63, 3.8) is 0 Å². The average Bonchev–Trinajstić information content (AvgIpc) is 2.38. The van der Waals surface area contributed by atoms with E-state index in [0.29, 0.717) is 0 Å². The summed E-state index contributed by atoms with van der Waals surface area (Å²) in [6.07, 6.45) is 0. The monoisotopic (exact) mass is 372 g/mol. The summed E-state index contributed by atoms with van der Waals surface area (Å²) in [7, 11) is -3.61. The third-order valence-electron chi connectivity index (χ3n) is 2.79. The summed E-state index contributed by atoms with van der Waals surface area (Å²) < 4.78 is 38.7. The standard InChI is InChI=1S/C14H10BrFO4S/c15-10-2-4-11(5-3-10)21(19,20)8-9-1-6-12(14(17)18)13(16)7-9/h1-7H,8H2,(H,17,18). The minimum Gasteiger partial charge on any atom is -0.478 e. The van der Waals surface area contributed by atoms with Crippen LogP contribution in [0.1, 0.15) is 15.9 Å². The topological polar surface area (TPSA) is 71.4 Å². The molecular formula is C14H10BrFO4S. The van der Waals surface area contributed by atoms with Crippen LogP contribution in [0.15, 0.2) is 51.8 Å². The number of carboxylic acids is 1. The molecule has 0 aromatic heterocycles. The van der Waals surface area contributed by atoms with E-state index < -0.39 is 32.9 Å². The minimum absolute atomic E-state index is 0.119. The smallest absolute Gasteiger partial charge is 0.338 e. The maximum Gasteiger partial charge on any atom is 0.338 e. The van der Waals surface area contributed by atoms with Gasteiger partial charge in [-0.05, 0) is 42.0 Å². The number of aromatic carboxylic acids is 1. The van der Waals surface area contributed by atoms with Crippen molar-refractivity contribution in [2.24, 2.45) is 0 Å². The van der Waals surface area contributed by atoms with Crippen molar-refractivity contribution in [1.82, 2.24) is 0 Å². The van der Waals surface area contributed by atoms with Crippen LogP contribution in [0.5, 0.6) is 0 Å². The zero-order valence-electron chi connectivity index (χ0n) is 10.6. The lowest BCUT2D eigenvalue weighted by Gasteiger charge is -2.06. The van der Waals surface area contributed by atoms with E-state index in [2.05, 4.69) is 15.9 Å². The van der Waals surface area contributed by atoms with Gasteiger partial charge < -0.3 is 5.11 Å². The molecule has 0 radical (unpaired) electrons. The molecule has 0 unspecified atom stereocenters. The molecule has 0 aliphatic heterocycles. The molecule has 1 N–H and O–H groups in total. The number of halogens is 2. The summed E-state index contributed by atoms with van der Waals surface area (Å²) in [5.74, 6) is -2.74. The third kappa shape index (κ3) is 3.68. The minimum atomic E-state index is -3.61. The van der Waals surface area contributed by atoms with E-state index in [0.717, 1.165) is 16.6 Å². The molecule has 2 aromatic rings. The Bertz CT molecular complexity index is 785. The molecule has 21 heavy (non-hydrogen) atoms. The lowest BCUT2D eigenvalue weighted by atomic mass is 10.1. The highest BCUT2D eigenvalue weighted by Crippen LogP contribution is 2.20. The molecule has 0 amide bonds. The second kappa shape index (κ2) is 5.95. The van der Waals surface area contributed by atoms with Gasteiger partial charge in [-0.25, -0.2) is 17.6 Å². The van der Waals surface area contributed by atoms with Crippen LogP contribution in [-0.2, 0) is 15.6 Å². The van der Waals surface area contributed by atoms with Crippen LogP contribution in [0.2, 0.25) is 0 Å². The summed E-state index contributed by atoms with van der Waals surface area (Å²) in [5, 5.41) is 8.73. The van der Waals surface area contributed by atoms with E-state index in [1.165, 1.54) is 18.2 Å². The van der Waals surface area contributed by atoms with Crippen LogP contribution in [0, 0.1) is 5.82 Å². The molecule has 0 fully saturated rings. The van der Waals surface area contributed by atoms with Crippen molar-refractivity contribution in [2.75, 3.05) is 0 Å². The Labute approximate surface area is 129 Å². The molecule has 4 nitrogen and oxygen atoms in total. The van der Waals surface area contributed by atoms with E-state index in [9.17, 15) is 17.6 Å². The molecule has 110 valence electrons. The predicted octanol–water partition coefficient (Wildman–Crippen LogP) is 3.26. The Hall–Kier alpha value is -1.73. The van der Waals surface area contributed by atoms with Gasteiger partial charge in [0.15, 0.2) is 9.84 Å². The zero-order chi connectivity index (χ0) is 15.6. The van der Waals surface area contributed by atoms with Gasteiger partial charge in [0, 0.05) is 4.47 Å². The molecule has 0 aliphatic rings. The van der Waals surface area contributed by atoms with Gasteiger partial charge in [-0.2, -0.15) is 0 Å². The summed E-state index contributed by atoms with van der Waals surface area (Å²) >= 11 is 3.21. The molecular weight excluding hydrogens is 363 g/mol. The van der Waals surface area contributed by atoms with Crippen LogP contribution in [0.3, 0.4) is 0 Å². The number of hydrogen-bond donors (Lipinski definition) is 1. The van der Waals surface area contributed by atoms with Gasteiger partial charge in [-0.1, -0.05) is 22.0 Å². The molecule has 7 heteroatoms. The van der Waals surface area contributed by atoms with Crippen molar-refractivity contribution in [3.8, 4) is 0 Å². The van der Waals surface area contributed by atoms with Crippen LogP contribution < -0.4 is 0 Å². The van der Waals surface area contributed by atoms with Crippen LogP contribution in [-0.4, -0.2) is 19.5 Å². The fourth-order valence-corrected chi connectivity index (χ4v) is 3.37. The first-order valence-corrected chi connectivity index (χ1v) is 8.24. The molecule has 0 heterocycles. The number of benzene rings is 2. The van der Waals surface area contributed by atoms with E-state index in [1.54, 1.807) is 12.1 Å². The highest BCUT2D eigenvalue weighted by molar-refractivity contribution is 9.10. The van der Waals surface area contributed by atoms with E-state index in [1.807, 2.05) is 0 Å². The SMILES string of the molecule is O=C(O)c1ccc(CS(=O)(=O)c2ccc(Br)cc2)cc1F. The Morgan fingerprint density at radius 1 is 1.14 bits per heavy atom. The predicted molar refractivity (Wildman–Crippen MR) is 78.4 cm³/mol. The fraction of sp³-hybridized carbons (Fsp3) is 0.0714. The highest BCUT2D eigenvalue weighted by Gasteiger charge is 2.17. The van der Waals surface area contributed by atoms with Gasteiger partial charge in [0.05, 0.1) is 16.2 Å². The van der Waals surface area contributed by atoms with Crippen molar-refractivity contribution in [2.45, 2.75) is 10.6 Å². The van der Waals surface area contributed by atoms with Gasteiger partial charge >= 0.3 is 5.97 Å². The number of sulfone groups is 1. The van der Waals surface area contributed by atoms with Crippen LogP contribution >= 0.6 is 15.9 Å². The lowest BCUT2D eigenvalue weighted by molar-refractivity contribution is 0.0692. The molecule has 0 saturated carbocycles. The maximum atomic E-state index is 13.5. The van der Waals surface area contributed by atoms with Crippen molar-refractivity contribution < 1.29 is 22.7 Å². The summed E-state index contributed by atoms with van der Waals surface area (Å²) in [4.78, 5) is 10.8. The van der Waals surface area contributed by atoms with Crippen LogP contribution in [0.25, 0.3) is 0 Å². The van der Waals surface area contributed by atoms with Gasteiger partial charge in [0.25, 0.3) is 0 Å². The second-order valence-corrected chi connectivity index (χ2v) is 7.24. The van der Waals surface area contributed by atoms with Crippen LogP contribution in [0.4, 0.5) is 4.39 Å². The largest absolute Gasteiger partial charge is 0.478 e. The third-order valence-corrected chi connectivity index (χ3v) is 5.03. The van der Waals surface area contributed by atoms with Crippen molar-refractivity contribution >= 4 is 31.7 Å². The van der Waals surface area contributed by atoms with E-state index in [-0.39, 0.29) is 10.5 Å². The first-order valence-electron chi connectivity index (χ1n) is 5.79. The summed E-state index contributed by atoms with van der Waals surface area (Å²) in [6, 6.07) is 9.37. The number of carboxylic acid groups (broad SMARTS) is 1. The van der Waals surface area contributed by atoms with E-state index in [4.69, 9.17) is 5.11 Å². The van der Waals surface area contributed by atoms with Gasteiger partial charge in [-0.15, -0.1) is 0 Å². The average molecular weight is 373 g/mol. The van der Waals surface area contributed by atoms with E-state index >= 15 is 0 Å². The Kier molecular flexibility index (Phi) is 4.43. The number of carbonyl (C=O) groups is 1. The Balaban J connectivity index is 2.31. The van der Waals surface area contributed by atoms with Gasteiger partial charge in [0.2, 0.25) is 0 Å². The quantitative estimate of drug-likeness (QED) is 0.893. The molecule has 0 atom stereocenters. The second-order valence-electron chi connectivity index (χ2n) is 4.33. The van der Waals surface area contributed by atoms with Gasteiger partial charge in [0.1, 0.15) is 5.82 Å². The zero-order valence-corrected chi connectivity index (χ0v) is 13.0. The Morgan fingerprint density at radius 3 is 2.29 bits per heavy atom. The summed E-state index contributed by atoms with van der Waals surface area (Å²) in [6.45, 7) is 0. The fourth-order valence-electron chi connectivity index (χ4n) is 1.77. The molecule has 0 saturated heterocycles. The Morgan fingerprint density at radius 2 is 1.76 bits per heavy atom. The molecule has 2 rings (SSSR count). The van der Waals surface area contributed by atoms with Gasteiger partial charge in [-0.3, -0.25) is 0 Å². The molecule has 0 spiro atoms. The first-order chi connectivity index (χ1) is 9.79. The maximum absolute atomic E-state index is 13.5.